The zero-order valence-electron chi connectivity index (χ0n) is 10.8. The molecule has 94 valence electrons. The molecule has 3 nitrogen and oxygen atoms in total. The van der Waals surface area contributed by atoms with Crippen molar-refractivity contribution in [1.29, 1.82) is 0 Å². The van der Waals surface area contributed by atoms with Crippen LogP contribution in [0.25, 0.3) is 0 Å². The van der Waals surface area contributed by atoms with Crippen LogP contribution in [0.1, 0.15) is 36.2 Å². The number of Topliss-reactive ketones (excluding diaryl/α,β-unsaturated/α-hetero) is 1. The lowest BCUT2D eigenvalue weighted by Gasteiger charge is -2.03. The molecule has 0 amide bonds. The Morgan fingerprint density at radius 1 is 1.22 bits per heavy atom. The summed E-state index contributed by atoms with van der Waals surface area (Å²) in [5, 5.41) is 0. The summed E-state index contributed by atoms with van der Waals surface area (Å²) in [4.78, 5) is 22.6. The molecule has 0 bridgehead atoms. The van der Waals surface area contributed by atoms with Crippen LogP contribution < -0.4 is 0 Å². The van der Waals surface area contributed by atoms with Gasteiger partial charge in [0.15, 0.2) is 5.78 Å². The SMILES string of the molecule is COC(=O)CC#Cc1ccc(C(=O)C(C)C)cc1. The van der Waals surface area contributed by atoms with Gasteiger partial charge < -0.3 is 4.74 Å². The second-order valence-corrected chi connectivity index (χ2v) is 4.15. The van der Waals surface area contributed by atoms with Crippen LogP contribution in [-0.4, -0.2) is 18.9 Å². The third-order valence-corrected chi connectivity index (χ3v) is 2.39. The Hall–Kier alpha value is -2.08. The largest absolute Gasteiger partial charge is 0.468 e. The van der Waals surface area contributed by atoms with E-state index in [1.54, 1.807) is 24.3 Å². The van der Waals surface area contributed by atoms with Crippen molar-refractivity contribution in [2.24, 2.45) is 5.92 Å². The first-order chi connectivity index (χ1) is 8.54. The molecule has 1 aromatic carbocycles. The first kappa shape index (κ1) is 14.0. The summed E-state index contributed by atoms with van der Waals surface area (Å²) in [5.41, 5.74) is 1.46. The van der Waals surface area contributed by atoms with Gasteiger partial charge in [-0.25, -0.2) is 0 Å². The summed E-state index contributed by atoms with van der Waals surface area (Å²) < 4.78 is 4.48. The molecule has 0 aliphatic heterocycles. The van der Waals surface area contributed by atoms with Crippen molar-refractivity contribution in [3.8, 4) is 11.8 Å². The summed E-state index contributed by atoms with van der Waals surface area (Å²) >= 11 is 0. The number of methoxy groups -OCH3 is 1. The van der Waals surface area contributed by atoms with E-state index in [0.29, 0.717) is 5.56 Å². The molecular formula is C15H16O3. The molecule has 0 saturated heterocycles. The van der Waals surface area contributed by atoms with Gasteiger partial charge >= 0.3 is 5.97 Å². The number of benzene rings is 1. The standard InChI is InChI=1S/C15H16O3/c1-11(2)15(17)13-9-7-12(8-10-13)5-4-6-14(16)18-3/h7-11H,6H2,1-3H3. The van der Waals surface area contributed by atoms with Crippen molar-refractivity contribution >= 4 is 11.8 Å². The highest BCUT2D eigenvalue weighted by molar-refractivity contribution is 5.97. The van der Waals surface area contributed by atoms with Crippen molar-refractivity contribution < 1.29 is 14.3 Å². The average Bonchev–Trinajstić information content (AvgIpc) is 2.38. The summed E-state index contributed by atoms with van der Waals surface area (Å²) in [6.07, 6.45) is 0.0726. The Morgan fingerprint density at radius 3 is 2.33 bits per heavy atom. The van der Waals surface area contributed by atoms with Gasteiger partial charge in [-0.15, -0.1) is 0 Å². The van der Waals surface area contributed by atoms with E-state index in [9.17, 15) is 9.59 Å². The fourth-order valence-corrected chi connectivity index (χ4v) is 1.34. The summed E-state index contributed by atoms with van der Waals surface area (Å²) in [6.45, 7) is 3.73. The van der Waals surface area contributed by atoms with Crippen LogP contribution in [0.15, 0.2) is 24.3 Å². The number of esters is 1. The molecule has 0 unspecified atom stereocenters. The van der Waals surface area contributed by atoms with Crippen molar-refractivity contribution in [3.05, 3.63) is 35.4 Å². The van der Waals surface area contributed by atoms with Crippen LogP contribution in [0.3, 0.4) is 0 Å². The molecule has 0 aliphatic rings. The van der Waals surface area contributed by atoms with E-state index in [0.717, 1.165) is 5.56 Å². The zero-order chi connectivity index (χ0) is 13.5. The Labute approximate surface area is 107 Å². The molecule has 18 heavy (non-hydrogen) atoms. The molecule has 0 atom stereocenters. The molecule has 1 rings (SSSR count). The minimum absolute atomic E-state index is 0.0127. The van der Waals surface area contributed by atoms with Crippen molar-refractivity contribution in [2.75, 3.05) is 7.11 Å². The normalized spacial score (nSPS) is 9.56. The summed E-state index contributed by atoms with van der Waals surface area (Å²) in [7, 11) is 1.33. The molecule has 0 radical (unpaired) electrons. The van der Waals surface area contributed by atoms with Crippen LogP contribution in [0.4, 0.5) is 0 Å². The van der Waals surface area contributed by atoms with E-state index in [-0.39, 0.29) is 24.1 Å². The molecule has 3 heteroatoms. The molecule has 0 spiro atoms. The summed E-state index contributed by atoms with van der Waals surface area (Å²) in [6, 6.07) is 7.06. The lowest BCUT2D eigenvalue weighted by atomic mass is 10.0. The van der Waals surface area contributed by atoms with E-state index in [4.69, 9.17) is 0 Å². The minimum atomic E-state index is -0.353. The lowest BCUT2D eigenvalue weighted by Crippen LogP contribution is -2.06. The van der Waals surface area contributed by atoms with Gasteiger partial charge in [0.2, 0.25) is 0 Å². The number of ketones is 1. The van der Waals surface area contributed by atoms with Gasteiger partial charge in [-0.2, -0.15) is 0 Å². The van der Waals surface area contributed by atoms with Crippen LogP contribution in [0.2, 0.25) is 0 Å². The van der Waals surface area contributed by atoms with E-state index < -0.39 is 0 Å². The van der Waals surface area contributed by atoms with Crippen LogP contribution in [0.5, 0.6) is 0 Å². The quantitative estimate of drug-likeness (QED) is 0.466. The fourth-order valence-electron chi connectivity index (χ4n) is 1.34. The van der Waals surface area contributed by atoms with E-state index in [2.05, 4.69) is 16.6 Å². The number of rotatable bonds is 3. The number of carbonyl (C=O) groups excluding carboxylic acids is 2. The summed E-state index contributed by atoms with van der Waals surface area (Å²) in [5.74, 6) is 5.31. The van der Waals surface area contributed by atoms with Crippen LogP contribution in [-0.2, 0) is 9.53 Å². The molecule has 0 aromatic heterocycles. The predicted molar refractivity (Wildman–Crippen MR) is 69.1 cm³/mol. The fraction of sp³-hybridized carbons (Fsp3) is 0.333. The van der Waals surface area contributed by atoms with Crippen molar-refractivity contribution in [3.63, 3.8) is 0 Å². The topological polar surface area (TPSA) is 43.4 Å². The first-order valence-corrected chi connectivity index (χ1v) is 5.74. The van der Waals surface area contributed by atoms with Gasteiger partial charge in [0.25, 0.3) is 0 Å². The van der Waals surface area contributed by atoms with E-state index >= 15 is 0 Å². The second-order valence-electron chi connectivity index (χ2n) is 4.15. The Balaban J connectivity index is 2.71. The molecule has 0 saturated carbocycles. The van der Waals surface area contributed by atoms with Crippen LogP contribution in [0, 0.1) is 17.8 Å². The highest BCUT2D eigenvalue weighted by Gasteiger charge is 2.09. The molecular weight excluding hydrogens is 228 g/mol. The Kier molecular flexibility index (Phi) is 5.13. The van der Waals surface area contributed by atoms with Gasteiger partial charge in [-0.3, -0.25) is 9.59 Å². The van der Waals surface area contributed by atoms with E-state index in [1.165, 1.54) is 7.11 Å². The third-order valence-electron chi connectivity index (χ3n) is 2.39. The molecule has 0 aliphatic carbocycles. The van der Waals surface area contributed by atoms with Gasteiger partial charge in [-0.1, -0.05) is 37.8 Å². The van der Waals surface area contributed by atoms with Gasteiger partial charge in [0.1, 0.15) is 6.42 Å². The van der Waals surface area contributed by atoms with Crippen molar-refractivity contribution in [2.45, 2.75) is 20.3 Å². The highest BCUT2D eigenvalue weighted by atomic mass is 16.5. The maximum atomic E-state index is 11.7. The third kappa shape index (κ3) is 4.06. The molecule has 0 N–H and O–H groups in total. The molecule has 1 aromatic rings. The maximum Gasteiger partial charge on any atom is 0.317 e. The van der Waals surface area contributed by atoms with Crippen molar-refractivity contribution in [1.82, 2.24) is 0 Å². The monoisotopic (exact) mass is 244 g/mol. The minimum Gasteiger partial charge on any atom is -0.468 e. The first-order valence-electron chi connectivity index (χ1n) is 5.74. The molecule has 0 heterocycles. The second kappa shape index (κ2) is 6.61. The Bertz CT molecular complexity index is 487. The maximum absolute atomic E-state index is 11.7. The van der Waals surface area contributed by atoms with E-state index in [1.807, 2.05) is 13.8 Å². The number of carbonyl (C=O) groups is 2. The smallest absolute Gasteiger partial charge is 0.317 e. The van der Waals surface area contributed by atoms with Gasteiger partial charge in [0.05, 0.1) is 7.11 Å². The number of hydrogen-bond acceptors (Lipinski definition) is 3. The predicted octanol–water partition coefficient (Wildman–Crippen LogP) is 2.44. The number of hydrogen-bond donors (Lipinski definition) is 0. The van der Waals surface area contributed by atoms with Crippen LogP contribution >= 0.6 is 0 Å². The Morgan fingerprint density at radius 2 is 1.83 bits per heavy atom. The average molecular weight is 244 g/mol. The zero-order valence-corrected chi connectivity index (χ0v) is 10.8. The van der Waals surface area contributed by atoms with Gasteiger partial charge in [-0.05, 0) is 12.1 Å². The van der Waals surface area contributed by atoms with Gasteiger partial charge in [0, 0.05) is 17.0 Å². The lowest BCUT2D eigenvalue weighted by molar-refractivity contribution is -0.139. The highest BCUT2D eigenvalue weighted by Crippen LogP contribution is 2.09. The number of ether oxygens (including phenoxy) is 1. The molecule has 0 fully saturated rings.